The number of nitrogens with zero attached hydrogens (tertiary/aromatic N) is 4. The van der Waals surface area contributed by atoms with Crippen LogP contribution in [0.1, 0.15) is 26.6 Å². The third-order valence-electron chi connectivity index (χ3n) is 7.25. The van der Waals surface area contributed by atoms with Crippen LogP contribution >= 0.6 is 0 Å². The van der Waals surface area contributed by atoms with Gasteiger partial charge in [0.1, 0.15) is 17.4 Å². The quantitative estimate of drug-likeness (QED) is 0.225. The minimum absolute atomic E-state index is 0.328. The smallest absolute Gasteiger partial charge is 0.215 e. The van der Waals surface area contributed by atoms with E-state index in [1.807, 2.05) is 72.8 Å². The Balaban J connectivity index is 1.59. The molecule has 0 atom stereocenters. The van der Waals surface area contributed by atoms with Gasteiger partial charge in [-0.1, -0.05) is 48.0 Å². The molecular formula is C33H30FN5O. The number of allylic oxidation sites excluding steroid dienone is 2. The first-order valence-electron chi connectivity index (χ1n) is 13.2. The zero-order valence-corrected chi connectivity index (χ0v) is 22.9. The van der Waals surface area contributed by atoms with Crippen molar-refractivity contribution in [1.29, 1.82) is 0 Å². The summed E-state index contributed by atoms with van der Waals surface area (Å²) < 4.78 is 23.1. The van der Waals surface area contributed by atoms with Gasteiger partial charge in [0.15, 0.2) is 0 Å². The molecule has 7 heteroatoms. The molecule has 0 aliphatic rings. The van der Waals surface area contributed by atoms with Crippen LogP contribution in [0.15, 0.2) is 96.6 Å². The summed E-state index contributed by atoms with van der Waals surface area (Å²) in [4.78, 5) is 15.5. The van der Waals surface area contributed by atoms with Crippen LogP contribution in [-0.2, 0) is 6.54 Å². The third kappa shape index (κ3) is 4.49. The van der Waals surface area contributed by atoms with E-state index in [9.17, 15) is 0 Å². The van der Waals surface area contributed by atoms with E-state index >= 15 is 4.39 Å². The Hall–Kier alpha value is -4.91. The molecule has 4 aromatic carbocycles. The number of hydrogen-bond donors (Lipinski definition) is 1. The van der Waals surface area contributed by atoms with Crippen LogP contribution in [-0.4, -0.2) is 26.6 Å². The molecule has 2 heterocycles. The van der Waals surface area contributed by atoms with Gasteiger partial charge in [0.05, 0.1) is 35.7 Å². The number of H-pyrrole nitrogens is 1. The average molecular weight is 532 g/mol. The summed E-state index contributed by atoms with van der Waals surface area (Å²) >= 11 is 0. The minimum atomic E-state index is -0.328. The minimum Gasteiger partial charge on any atom is -0.496 e. The Morgan fingerprint density at radius 1 is 0.850 bits per heavy atom. The first-order chi connectivity index (χ1) is 19.4. The lowest BCUT2D eigenvalue weighted by atomic mass is 10.0. The molecule has 40 heavy (non-hydrogen) atoms. The van der Waals surface area contributed by atoms with Gasteiger partial charge in [0.25, 0.3) is 0 Å². The largest absolute Gasteiger partial charge is 0.496 e. The molecule has 2 aromatic heterocycles. The Labute approximate surface area is 232 Å². The molecule has 0 saturated carbocycles. The van der Waals surface area contributed by atoms with Crippen LogP contribution in [0.25, 0.3) is 38.9 Å². The van der Waals surface area contributed by atoms with Crippen LogP contribution in [0, 0.1) is 5.82 Å². The fourth-order valence-electron chi connectivity index (χ4n) is 5.01. The van der Waals surface area contributed by atoms with Crippen molar-refractivity contribution in [2.75, 3.05) is 12.0 Å². The maximum absolute atomic E-state index is 15.4. The molecule has 0 radical (unpaired) electrons. The first-order valence-corrected chi connectivity index (χ1v) is 13.2. The first kappa shape index (κ1) is 25.4. The fourth-order valence-corrected chi connectivity index (χ4v) is 5.01. The number of halogens is 1. The van der Waals surface area contributed by atoms with Crippen LogP contribution in [0.3, 0.4) is 0 Å². The van der Waals surface area contributed by atoms with E-state index in [1.165, 1.54) is 11.6 Å². The van der Waals surface area contributed by atoms with Crippen molar-refractivity contribution in [2.24, 2.45) is 0 Å². The van der Waals surface area contributed by atoms with Crippen molar-refractivity contribution in [3.63, 3.8) is 0 Å². The molecule has 0 amide bonds. The highest BCUT2D eigenvalue weighted by atomic mass is 19.1. The molecule has 1 N–H and O–H groups in total. The lowest BCUT2D eigenvalue weighted by Gasteiger charge is -2.25. The number of nitrogens with one attached hydrogen (secondary N) is 1. The molecule has 0 fully saturated rings. The summed E-state index contributed by atoms with van der Waals surface area (Å²) in [6.07, 6.45) is 0. The van der Waals surface area contributed by atoms with Gasteiger partial charge in [-0.2, -0.15) is 0 Å². The molecule has 0 saturated heterocycles. The molecule has 200 valence electrons. The highest BCUT2D eigenvalue weighted by Crippen LogP contribution is 2.38. The predicted molar refractivity (Wildman–Crippen MR) is 160 cm³/mol. The number of para-hydroxylation sites is 5. The highest BCUT2D eigenvalue weighted by Gasteiger charge is 2.23. The van der Waals surface area contributed by atoms with Gasteiger partial charge in [0.2, 0.25) is 5.95 Å². The van der Waals surface area contributed by atoms with Crippen molar-refractivity contribution in [3.8, 4) is 16.9 Å². The maximum Gasteiger partial charge on any atom is 0.215 e. The van der Waals surface area contributed by atoms with Crippen LogP contribution in [0.4, 0.5) is 16.0 Å². The molecule has 0 aliphatic carbocycles. The van der Waals surface area contributed by atoms with Gasteiger partial charge in [-0.25, -0.2) is 14.4 Å². The lowest BCUT2D eigenvalue weighted by Crippen LogP contribution is -2.21. The fraction of sp³-hybridized carbons (Fsp3) is 0.152. The molecular weight excluding hydrogens is 501 g/mol. The molecule has 0 spiro atoms. The van der Waals surface area contributed by atoms with E-state index in [-0.39, 0.29) is 5.82 Å². The number of hydrogen-bond acceptors (Lipinski definition) is 4. The summed E-state index contributed by atoms with van der Waals surface area (Å²) in [5.74, 6) is 1.77. The van der Waals surface area contributed by atoms with Gasteiger partial charge in [-0.05, 0) is 69.3 Å². The SMILES string of the molecule is COc1ccccc1-c1cc(N(Cc2nc3ccccc3[nH]2)c2nc3ccccc3n2C(C)=C(C)C)ccc1F. The normalized spacial score (nSPS) is 11.2. The zero-order valence-electron chi connectivity index (χ0n) is 22.9. The Kier molecular flexibility index (Phi) is 6.56. The lowest BCUT2D eigenvalue weighted by molar-refractivity contribution is 0.416. The van der Waals surface area contributed by atoms with E-state index < -0.39 is 0 Å². The Morgan fingerprint density at radius 2 is 1.57 bits per heavy atom. The van der Waals surface area contributed by atoms with Crippen molar-refractivity contribution in [3.05, 3.63) is 108 Å². The standard InChI is InChI=1S/C33H30FN5O/c1-21(2)22(3)39-30-15-9-8-14-29(30)37-33(39)38(20-32-35-27-12-6-7-13-28(27)36-32)23-17-18-26(34)25(19-23)24-11-5-10-16-31(24)40-4/h5-19H,20H2,1-4H3,(H,35,36). The summed E-state index contributed by atoms with van der Waals surface area (Å²) in [6, 6.07) is 28.7. The molecule has 0 aliphatic heterocycles. The zero-order chi connectivity index (χ0) is 27.8. The number of fused-ring (bicyclic) bond motifs is 2. The number of imidazole rings is 2. The number of aromatic amines is 1. The molecule has 6 aromatic rings. The van der Waals surface area contributed by atoms with Crippen molar-refractivity contribution >= 4 is 39.4 Å². The van der Waals surface area contributed by atoms with Crippen molar-refractivity contribution in [2.45, 2.75) is 27.3 Å². The van der Waals surface area contributed by atoms with E-state index in [0.717, 1.165) is 45.2 Å². The summed E-state index contributed by atoms with van der Waals surface area (Å²) in [7, 11) is 1.60. The van der Waals surface area contributed by atoms with Crippen LogP contribution in [0.5, 0.6) is 5.75 Å². The van der Waals surface area contributed by atoms with E-state index in [4.69, 9.17) is 14.7 Å². The van der Waals surface area contributed by atoms with E-state index in [1.54, 1.807) is 13.2 Å². The number of benzene rings is 4. The molecule has 0 unspecified atom stereocenters. The molecule has 0 bridgehead atoms. The van der Waals surface area contributed by atoms with E-state index in [2.05, 4.69) is 41.3 Å². The topological polar surface area (TPSA) is 59.0 Å². The summed E-state index contributed by atoms with van der Waals surface area (Å²) in [6.45, 7) is 6.67. The maximum atomic E-state index is 15.4. The van der Waals surface area contributed by atoms with Gasteiger partial charge in [-0.3, -0.25) is 4.57 Å². The predicted octanol–water partition coefficient (Wildman–Crippen LogP) is 8.34. The number of anilines is 2. The second kappa shape index (κ2) is 10.3. The van der Waals surface area contributed by atoms with Crippen molar-refractivity contribution in [1.82, 2.24) is 19.5 Å². The van der Waals surface area contributed by atoms with Crippen LogP contribution < -0.4 is 9.64 Å². The monoisotopic (exact) mass is 531 g/mol. The Bertz CT molecular complexity index is 1850. The number of aromatic nitrogens is 4. The summed E-state index contributed by atoms with van der Waals surface area (Å²) in [5, 5.41) is 0. The second-order valence-corrected chi connectivity index (χ2v) is 9.97. The van der Waals surface area contributed by atoms with Gasteiger partial charge in [-0.15, -0.1) is 0 Å². The number of methoxy groups -OCH3 is 1. The van der Waals surface area contributed by atoms with Gasteiger partial charge in [0, 0.05) is 22.5 Å². The second-order valence-electron chi connectivity index (χ2n) is 9.97. The highest BCUT2D eigenvalue weighted by molar-refractivity contribution is 5.85. The third-order valence-corrected chi connectivity index (χ3v) is 7.25. The summed E-state index contributed by atoms with van der Waals surface area (Å²) in [5.41, 5.74) is 7.87. The van der Waals surface area contributed by atoms with Gasteiger partial charge >= 0.3 is 0 Å². The number of ether oxygens (including phenoxy) is 1. The Morgan fingerprint density at radius 3 is 2.35 bits per heavy atom. The molecule has 6 nitrogen and oxygen atoms in total. The van der Waals surface area contributed by atoms with Crippen molar-refractivity contribution < 1.29 is 9.13 Å². The van der Waals surface area contributed by atoms with E-state index in [0.29, 0.717) is 23.4 Å². The number of rotatable bonds is 7. The van der Waals surface area contributed by atoms with Gasteiger partial charge < -0.3 is 14.6 Å². The van der Waals surface area contributed by atoms with Crippen LogP contribution in [0.2, 0.25) is 0 Å². The average Bonchev–Trinajstić information content (AvgIpc) is 3.57. The molecule has 6 rings (SSSR count).